The monoisotopic (exact) mass is 288 g/mol. The molecule has 0 fully saturated rings. The number of fused-ring (bicyclic) bond motifs is 3. The molecular formula is C15H17ClN2Si. The van der Waals surface area contributed by atoms with E-state index in [0.717, 1.165) is 16.7 Å². The van der Waals surface area contributed by atoms with Gasteiger partial charge in [-0.25, -0.2) is 4.98 Å². The molecule has 2 aromatic heterocycles. The van der Waals surface area contributed by atoms with Crippen LogP contribution in [0.5, 0.6) is 0 Å². The number of para-hydroxylation sites is 1. The van der Waals surface area contributed by atoms with Gasteiger partial charge in [-0.05, 0) is 23.7 Å². The third-order valence-electron chi connectivity index (χ3n) is 3.58. The zero-order valence-corrected chi connectivity index (χ0v) is 13.4. The lowest BCUT2D eigenvalue weighted by atomic mass is 10.1. The third kappa shape index (κ3) is 1.88. The first-order valence-corrected chi connectivity index (χ1v) is 10.3. The van der Waals surface area contributed by atoms with Crippen LogP contribution in [0.25, 0.3) is 21.9 Å². The molecule has 2 nitrogen and oxygen atoms in total. The van der Waals surface area contributed by atoms with E-state index in [2.05, 4.69) is 54.7 Å². The van der Waals surface area contributed by atoms with Crippen LogP contribution in [0.15, 0.2) is 24.3 Å². The Hall–Kier alpha value is -1.32. The van der Waals surface area contributed by atoms with Crippen molar-refractivity contribution in [2.45, 2.75) is 26.6 Å². The van der Waals surface area contributed by atoms with Crippen molar-refractivity contribution in [3.05, 3.63) is 35.0 Å². The van der Waals surface area contributed by atoms with Crippen LogP contribution in [0, 0.1) is 6.92 Å². The van der Waals surface area contributed by atoms with Crippen molar-refractivity contribution >= 4 is 46.8 Å². The molecule has 0 spiro atoms. The summed E-state index contributed by atoms with van der Waals surface area (Å²) in [6.07, 6.45) is 0. The average Bonchev–Trinajstić information content (AvgIpc) is 2.66. The number of aromatic nitrogens is 2. The van der Waals surface area contributed by atoms with Crippen LogP contribution < -0.4 is 5.19 Å². The minimum Gasteiger partial charge on any atom is -0.339 e. The topological polar surface area (TPSA) is 28.7 Å². The molecule has 1 N–H and O–H groups in total. The van der Waals surface area contributed by atoms with Crippen LogP contribution >= 0.6 is 11.6 Å². The van der Waals surface area contributed by atoms with Crippen LogP contribution in [-0.4, -0.2) is 18.0 Å². The summed E-state index contributed by atoms with van der Waals surface area (Å²) >= 11 is 6.32. The summed E-state index contributed by atoms with van der Waals surface area (Å²) in [5.41, 5.74) is 3.18. The average molecular weight is 289 g/mol. The Morgan fingerprint density at radius 2 is 1.84 bits per heavy atom. The zero-order valence-electron chi connectivity index (χ0n) is 11.6. The van der Waals surface area contributed by atoms with Crippen LogP contribution in [0.2, 0.25) is 24.8 Å². The summed E-state index contributed by atoms with van der Waals surface area (Å²) in [7, 11) is -1.50. The van der Waals surface area contributed by atoms with Crippen molar-refractivity contribution < 1.29 is 0 Å². The zero-order chi connectivity index (χ0) is 13.8. The maximum absolute atomic E-state index is 6.32. The molecule has 0 unspecified atom stereocenters. The summed E-state index contributed by atoms with van der Waals surface area (Å²) in [5, 5.41) is 4.55. The summed E-state index contributed by atoms with van der Waals surface area (Å²) in [6, 6.07) is 8.37. The van der Waals surface area contributed by atoms with Gasteiger partial charge in [-0.2, -0.15) is 0 Å². The number of halogens is 1. The first-order chi connectivity index (χ1) is 8.89. The molecule has 0 aliphatic rings. The lowest BCUT2D eigenvalue weighted by molar-refractivity contribution is 1.30. The highest BCUT2D eigenvalue weighted by Gasteiger charge is 2.25. The fraction of sp³-hybridized carbons (Fsp3) is 0.267. The number of nitrogens with zero attached hydrogens (tertiary/aromatic N) is 1. The predicted octanol–water partition coefficient (Wildman–Crippen LogP) is 4.22. The molecule has 19 heavy (non-hydrogen) atoms. The second-order valence-electron chi connectivity index (χ2n) is 6.05. The quantitative estimate of drug-likeness (QED) is 0.527. The largest absolute Gasteiger partial charge is 0.339 e. The Labute approximate surface area is 118 Å². The van der Waals surface area contributed by atoms with Crippen LogP contribution in [0.3, 0.4) is 0 Å². The lowest BCUT2D eigenvalue weighted by Gasteiger charge is -2.21. The molecule has 0 aliphatic carbocycles. The van der Waals surface area contributed by atoms with Crippen LogP contribution in [0.1, 0.15) is 5.56 Å². The van der Waals surface area contributed by atoms with Gasteiger partial charge in [0.1, 0.15) is 10.8 Å². The highest BCUT2D eigenvalue weighted by atomic mass is 35.5. The SMILES string of the molecule is Cc1c(Cl)nc2[nH]c3ccccc3c2c1[Si](C)(C)C. The molecule has 4 heteroatoms. The Bertz CT molecular complexity index is 784. The minimum atomic E-state index is -1.50. The lowest BCUT2D eigenvalue weighted by Crippen LogP contribution is -2.40. The standard InChI is InChI=1S/C15H17ClN2Si/c1-9-13(19(2,3)4)12-10-7-5-6-8-11(10)17-15(12)18-14(9)16/h5-8H,1-4H3,(H,17,18). The van der Waals surface area contributed by atoms with Gasteiger partial charge in [0.2, 0.25) is 0 Å². The molecule has 3 aromatic rings. The van der Waals surface area contributed by atoms with Crippen molar-refractivity contribution in [3.63, 3.8) is 0 Å². The van der Waals surface area contributed by atoms with E-state index in [1.54, 1.807) is 0 Å². The normalized spacial score (nSPS) is 12.5. The summed E-state index contributed by atoms with van der Waals surface area (Å²) in [6.45, 7) is 9.15. The molecular weight excluding hydrogens is 272 g/mol. The summed E-state index contributed by atoms with van der Waals surface area (Å²) in [5.74, 6) is 0. The van der Waals surface area contributed by atoms with Gasteiger partial charge in [0.25, 0.3) is 0 Å². The van der Waals surface area contributed by atoms with Crippen molar-refractivity contribution in [2.24, 2.45) is 0 Å². The Morgan fingerprint density at radius 3 is 2.53 bits per heavy atom. The first-order valence-electron chi connectivity index (χ1n) is 6.46. The van der Waals surface area contributed by atoms with Crippen molar-refractivity contribution in [2.75, 3.05) is 0 Å². The second kappa shape index (κ2) is 4.08. The molecule has 1 aromatic carbocycles. The maximum Gasteiger partial charge on any atom is 0.140 e. The molecule has 0 amide bonds. The second-order valence-corrected chi connectivity index (χ2v) is 11.4. The number of hydrogen-bond acceptors (Lipinski definition) is 1. The van der Waals surface area contributed by atoms with Gasteiger partial charge in [-0.15, -0.1) is 0 Å². The summed E-state index contributed by atoms with van der Waals surface area (Å²) < 4.78 is 0. The third-order valence-corrected chi connectivity index (χ3v) is 6.07. The van der Waals surface area contributed by atoms with E-state index in [-0.39, 0.29) is 0 Å². The number of benzene rings is 1. The molecule has 0 aliphatic heterocycles. The van der Waals surface area contributed by atoms with E-state index in [9.17, 15) is 0 Å². The molecule has 2 heterocycles. The van der Waals surface area contributed by atoms with E-state index < -0.39 is 8.07 Å². The van der Waals surface area contributed by atoms with Gasteiger partial charge in [-0.3, -0.25) is 0 Å². The Balaban J connectivity index is 2.60. The van der Waals surface area contributed by atoms with E-state index in [1.165, 1.54) is 16.0 Å². The number of hydrogen-bond donors (Lipinski definition) is 1. The van der Waals surface area contributed by atoms with Gasteiger partial charge < -0.3 is 4.98 Å². The predicted molar refractivity (Wildman–Crippen MR) is 86.3 cm³/mol. The molecule has 0 saturated heterocycles. The Kier molecular flexibility index (Phi) is 2.73. The van der Waals surface area contributed by atoms with Crippen molar-refractivity contribution in [1.82, 2.24) is 9.97 Å². The smallest absolute Gasteiger partial charge is 0.140 e. The maximum atomic E-state index is 6.32. The summed E-state index contributed by atoms with van der Waals surface area (Å²) in [4.78, 5) is 7.90. The van der Waals surface area contributed by atoms with Gasteiger partial charge in [0.05, 0.1) is 8.07 Å². The first kappa shape index (κ1) is 12.7. The fourth-order valence-corrected chi connectivity index (χ4v) is 5.38. The molecule has 3 rings (SSSR count). The number of H-pyrrole nitrogens is 1. The number of pyridine rings is 1. The highest BCUT2D eigenvalue weighted by molar-refractivity contribution is 6.91. The fourth-order valence-electron chi connectivity index (χ4n) is 2.87. The number of aromatic amines is 1. The number of nitrogens with one attached hydrogen (secondary N) is 1. The van der Waals surface area contributed by atoms with Crippen molar-refractivity contribution in [1.29, 1.82) is 0 Å². The molecule has 0 atom stereocenters. The minimum absolute atomic E-state index is 0.622. The van der Waals surface area contributed by atoms with Crippen LogP contribution in [-0.2, 0) is 0 Å². The highest BCUT2D eigenvalue weighted by Crippen LogP contribution is 2.28. The van der Waals surface area contributed by atoms with Gasteiger partial charge >= 0.3 is 0 Å². The Morgan fingerprint density at radius 1 is 1.16 bits per heavy atom. The van der Waals surface area contributed by atoms with Gasteiger partial charge in [0, 0.05) is 16.3 Å². The molecule has 98 valence electrons. The van der Waals surface area contributed by atoms with Gasteiger partial charge in [-0.1, -0.05) is 49.4 Å². The van der Waals surface area contributed by atoms with E-state index in [1.807, 2.05) is 6.07 Å². The van der Waals surface area contributed by atoms with E-state index in [0.29, 0.717) is 5.15 Å². The van der Waals surface area contributed by atoms with E-state index >= 15 is 0 Å². The van der Waals surface area contributed by atoms with Crippen molar-refractivity contribution in [3.8, 4) is 0 Å². The van der Waals surface area contributed by atoms with E-state index in [4.69, 9.17) is 11.6 Å². The molecule has 0 bridgehead atoms. The van der Waals surface area contributed by atoms with Crippen LogP contribution in [0.4, 0.5) is 0 Å². The molecule has 0 radical (unpaired) electrons. The van der Waals surface area contributed by atoms with Gasteiger partial charge in [0.15, 0.2) is 0 Å². The number of rotatable bonds is 1. The molecule has 0 saturated carbocycles.